The third-order valence-corrected chi connectivity index (χ3v) is 2.42. The summed E-state index contributed by atoms with van der Waals surface area (Å²) in [6.45, 7) is 4.12. The molecule has 0 spiro atoms. The summed E-state index contributed by atoms with van der Waals surface area (Å²) in [4.78, 5) is 10.3. The summed E-state index contributed by atoms with van der Waals surface area (Å²) in [6, 6.07) is 0. The van der Waals surface area contributed by atoms with E-state index in [0.29, 0.717) is 0 Å². The monoisotopic (exact) mass is 174 g/mol. The molecule has 0 radical (unpaired) electrons. The largest absolute Gasteiger partial charge is 0.481 e. The van der Waals surface area contributed by atoms with Crippen LogP contribution in [0, 0.1) is 0 Å². The predicted molar refractivity (Wildman–Crippen MR) is 43.9 cm³/mol. The molecule has 0 aromatic rings. The highest BCUT2D eigenvalue weighted by molar-refractivity contribution is 5.66. The molecule has 4 heteroatoms. The zero-order valence-corrected chi connectivity index (χ0v) is 7.45. The van der Waals surface area contributed by atoms with Crippen molar-refractivity contribution in [1.29, 1.82) is 0 Å². The van der Waals surface area contributed by atoms with Gasteiger partial charge in [0.15, 0.2) is 0 Å². The minimum Gasteiger partial charge on any atom is -0.481 e. The number of ether oxygens (including phenoxy) is 1. The number of carboxylic acid groups (broad SMARTS) is 1. The molecule has 0 aliphatic carbocycles. The van der Waals surface area contributed by atoms with E-state index in [1.54, 1.807) is 0 Å². The predicted octanol–water partition coefficient (Wildman–Crippen LogP) is -0.0621. The lowest BCUT2D eigenvalue weighted by atomic mass is 10.3. The molecular formula is C8H16NO3+. The van der Waals surface area contributed by atoms with Gasteiger partial charge in [-0.2, -0.15) is 0 Å². The Kier molecular flexibility index (Phi) is 3.05. The van der Waals surface area contributed by atoms with Gasteiger partial charge in [0.25, 0.3) is 0 Å². The summed E-state index contributed by atoms with van der Waals surface area (Å²) in [5, 5.41) is 8.52. The molecule has 1 saturated heterocycles. The first-order chi connectivity index (χ1) is 5.62. The highest BCUT2D eigenvalue weighted by atomic mass is 16.5. The lowest BCUT2D eigenvalue weighted by Gasteiger charge is -2.37. The van der Waals surface area contributed by atoms with Gasteiger partial charge in [0.05, 0.1) is 33.2 Å². The molecule has 1 heterocycles. The zero-order chi connectivity index (χ0) is 9.03. The minimum atomic E-state index is -0.708. The summed E-state index contributed by atoms with van der Waals surface area (Å²) in [7, 11) is 2.09. The fourth-order valence-electron chi connectivity index (χ4n) is 1.37. The van der Waals surface area contributed by atoms with Crippen LogP contribution in [0.1, 0.15) is 6.42 Å². The van der Waals surface area contributed by atoms with Crippen LogP contribution < -0.4 is 0 Å². The molecule has 1 aliphatic heterocycles. The van der Waals surface area contributed by atoms with Gasteiger partial charge in [-0.15, -0.1) is 0 Å². The van der Waals surface area contributed by atoms with Gasteiger partial charge in [0, 0.05) is 0 Å². The first-order valence-corrected chi connectivity index (χ1v) is 4.25. The maximum Gasteiger partial charge on any atom is 0.309 e. The van der Waals surface area contributed by atoms with Crippen molar-refractivity contribution in [3.8, 4) is 0 Å². The van der Waals surface area contributed by atoms with Gasteiger partial charge in [0.2, 0.25) is 0 Å². The Hall–Kier alpha value is -0.610. The summed E-state index contributed by atoms with van der Waals surface area (Å²) in [5.74, 6) is -0.708. The maximum atomic E-state index is 10.3. The summed E-state index contributed by atoms with van der Waals surface area (Å²) in [5.41, 5.74) is 0. The second-order valence-corrected chi connectivity index (χ2v) is 3.55. The second kappa shape index (κ2) is 3.87. The standard InChI is InChI=1S/C8H15NO3/c1-9(3-2-8(10)11)4-6-12-7-5-9/h2-7H2,1H3/p+1. The number of carbonyl (C=O) groups is 1. The van der Waals surface area contributed by atoms with Crippen LogP contribution in [-0.2, 0) is 9.53 Å². The Labute approximate surface area is 72.3 Å². The van der Waals surface area contributed by atoms with E-state index in [4.69, 9.17) is 9.84 Å². The van der Waals surface area contributed by atoms with Gasteiger partial charge >= 0.3 is 5.97 Å². The van der Waals surface area contributed by atoms with E-state index in [2.05, 4.69) is 7.05 Å². The lowest BCUT2D eigenvalue weighted by Crippen LogP contribution is -2.52. The number of aliphatic carboxylic acids is 1. The lowest BCUT2D eigenvalue weighted by molar-refractivity contribution is -0.916. The summed E-state index contributed by atoms with van der Waals surface area (Å²) < 4.78 is 6.05. The molecule has 0 aromatic heterocycles. The van der Waals surface area contributed by atoms with Crippen molar-refractivity contribution in [2.75, 3.05) is 39.9 Å². The third-order valence-electron chi connectivity index (χ3n) is 2.42. The molecular weight excluding hydrogens is 158 g/mol. The van der Waals surface area contributed by atoms with Crippen LogP contribution in [-0.4, -0.2) is 55.5 Å². The molecule has 0 unspecified atom stereocenters. The van der Waals surface area contributed by atoms with Crippen LogP contribution in [0.25, 0.3) is 0 Å². The van der Waals surface area contributed by atoms with Gasteiger partial charge < -0.3 is 14.3 Å². The zero-order valence-electron chi connectivity index (χ0n) is 7.45. The molecule has 1 N–H and O–H groups in total. The number of nitrogens with zero attached hydrogens (tertiary/aromatic N) is 1. The molecule has 12 heavy (non-hydrogen) atoms. The van der Waals surface area contributed by atoms with Gasteiger partial charge in [-0.3, -0.25) is 4.79 Å². The molecule has 4 nitrogen and oxygen atoms in total. The second-order valence-electron chi connectivity index (χ2n) is 3.55. The molecule has 0 saturated carbocycles. The Balaban J connectivity index is 2.31. The van der Waals surface area contributed by atoms with E-state index < -0.39 is 5.97 Å². The number of likely N-dealkylation sites (N-methyl/N-ethyl adjacent to an activating group) is 1. The normalized spacial score (nSPS) is 22.1. The van der Waals surface area contributed by atoms with Crippen LogP contribution in [0.3, 0.4) is 0 Å². The van der Waals surface area contributed by atoms with E-state index in [1.165, 1.54) is 0 Å². The van der Waals surface area contributed by atoms with E-state index in [0.717, 1.165) is 37.3 Å². The number of hydrogen-bond donors (Lipinski definition) is 1. The van der Waals surface area contributed by atoms with Gasteiger partial charge in [-0.05, 0) is 0 Å². The average Bonchev–Trinajstić information content (AvgIpc) is 2.03. The van der Waals surface area contributed by atoms with Crippen molar-refractivity contribution in [1.82, 2.24) is 0 Å². The molecule has 0 aromatic carbocycles. The van der Waals surface area contributed by atoms with Gasteiger partial charge in [0.1, 0.15) is 13.1 Å². The number of rotatable bonds is 3. The van der Waals surface area contributed by atoms with Crippen LogP contribution in [0.15, 0.2) is 0 Å². The van der Waals surface area contributed by atoms with Crippen molar-refractivity contribution in [3.05, 3.63) is 0 Å². The molecule has 0 amide bonds. The van der Waals surface area contributed by atoms with Gasteiger partial charge in [-0.25, -0.2) is 0 Å². The minimum absolute atomic E-state index is 0.260. The Morgan fingerprint density at radius 2 is 2.08 bits per heavy atom. The van der Waals surface area contributed by atoms with E-state index in [1.807, 2.05) is 0 Å². The SMILES string of the molecule is C[N+]1(CCC(=O)O)CCOCC1. The van der Waals surface area contributed by atoms with Crippen LogP contribution >= 0.6 is 0 Å². The molecule has 0 bridgehead atoms. The number of carboxylic acids is 1. The topological polar surface area (TPSA) is 46.5 Å². The molecule has 1 fully saturated rings. The fraction of sp³-hybridized carbons (Fsp3) is 0.875. The Morgan fingerprint density at radius 3 is 2.58 bits per heavy atom. The molecule has 0 atom stereocenters. The van der Waals surface area contributed by atoms with Crippen molar-refractivity contribution in [2.24, 2.45) is 0 Å². The fourth-order valence-corrected chi connectivity index (χ4v) is 1.37. The molecule has 1 aliphatic rings. The van der Waals surface area contributed by atoms with Crippen LogP contribution in [0.2, 0.25) is 0 Å². The molecule has 1 rings (SSSR count). The first kappa shape index (κ1) is 9.48. The quantitative estimate of drug-likeness (QED) is 0.610. The smallest absolute Gasteiger partial charge is 0.309 e. The third kappa shape index (κ3) is 2.79. The number of hydrogen-bond acceptors (Lipinski definition) is 2. The highest BCUT2D eigenvalue weighted by Crippen LogP contribution is 2.08. The Bertz CT molecular complexity index is 164. The van der Waals surface area contributed by atoms with Gasteiger partial charge in [-0.1, -0.05) is 0 Å². The van der Waals surface area contributed by atoms with E-state index in [-0.39, 0.29) is 6.42 Å². The van der Waals surface area contributed by atoms with E-state index in [9.17, 15) is 4.79 Å². The van der Waals surface area contributed by atoms with Crippen molar-refractivity contribution < 1.29 is 19.1 Å². The Morgan fingerprint density at radius 1 is 1.50 bits per heavy atom. The summed E-state index contributed by atoms with van der Waals surface area (Å²) >= 11 is 0. The van der Waals surface area contributed by atoms with Crippen LogP contribution in [0.5, 0.6) is 0 Å². The maximum absolute atomic E-state index is 10.3. The molecule has 70 valence electrons. The first-order valence-electron chi connectivity index (χ1n) is 4.25. The van der Waals surface area contributed by atoms with E-state index >= 15 is 0 Å². The highest BCUT2D eigenvalue weighted by Gasteiger charge is 2.25. The summed E-state index contributed by atoms with van der Waals surface area (Å²) in [6.07, 6.45) is 0.260. The van der Waals surface area contributed by atoms with Crippen LogP contribution in [0.4, 0.5) is 0 Å². The number of quaternary nitrogens is 1. The van der Waals surface area contributed by atoms with Crippen molar-refractivity contribution >= 4 is 5.97 Å². The van der Waals surface area contributed by atoms with Crippen molar-refractivity contribution in [2.45, 2.75) is 6.42 Å². The number of morpholine rings is 1. The average molecular weight is 174 g/mol. The van der Waals surface area contributed by atoms with Crippen molar-refractivity contribution in [3.63, 3.8) is 0 Å².